The highest BCUT2D eigenvalue weighted by atomic mass is 32.2. The number of hydrogen-bond acceptors (Lipinski definition) is 5. The van der Waals surface area contributed by atoms with Gasteiger partial charge in [0, 0.05) is 41.1 Å². The maximum Gasteiger partial charge on any atom is 0.323 e. The largest absolute Gasteiger partial charge is 0.468 e. The van der Waals surface area contributed by atoms with Crippen molar-refractivity contribution in [1.29, 1.82) is 0 Å². The van der Waals surface area contributed by atoms with Crippen molar-refractivity contribution < 1.29 is 9.53 Å². The fourth-order valence-corrected chi connectivity index (χ4v) is 8.03. The number of H-pyrrole nitrogens is 1. The van der Waals surface area contributed by atoms with Crippen LogP contribution in [0.25, 0.3) is 10.9 Å². The zero-order valence-corrected chi connectivity index (χ0v) is 15.9. The number of esters is 1. The Morgan fingerprint density at radius 2 is 2.12 bits per heavy atom. The van der Waals surface area contributed by atoms with Crippen molar-refractivity contribution in [2.75, 3.05) is 25.2 Å². The fraction of sp³-hybridized carbons (Fsp3) is 0.526. The van der Waals surface area contributed by atoms with Crippen LogP contribution in [0.2, 0.25) is 0 Å². The van der Waals surface area contributed by atoms with Crippen LogP contribution < -0.4 is 0 Å². The van der Waals surface area contributed by atoms with Crippen LogP contribution in [-0.2, 0) is 16.0 Å². The van der Waals surface area contributed by atoms with Crippen LogP contribution in [0, 0.1) is 0 Å². The Bertz CT molecular complexity index is 828. The lowest BCUT2D eigenvalue weighted by molar-refractivity contribution is -0.149. The van der Waals surface area contributed by atoms with Gasteiger partial charge in [-0.25, -0.2) is 0 Å². The van der Waals surface area contributed by atoms with Crippen molar-refractivity contribution in [2.45, 2.75) is 35.4 Å². The standard InChI is InChI=1S/C19H22N2O2S2/c1-23-18(22)15-10-13-12-4-2-3-5-14(12)20-17(13)16-11-19(6-7-21(15)16)24-8-9-25-19/h2-5,15-16,20H,6-11H2,1H3/t15-,16+/m0/s1. The number of nitrogens with one attached hydrogen (secondary N) is 1. The van der Waals surface area contributed by atoms with E-state index in [-0.39, 0.29) is 18.1 Å². The van der Waals surface area contributed by atoms with E-state index < -0.39 is 0 Å². The van der Waals surface area contributed by atoms with Crippen molar-refractivity contribution in [3.63, 3.8) is 0 Å². The van der Waals surface area contributed by atoms with E-state index in [1.54, 1.807) is 0 Å². The predicted molar refractivity (Wildman–Crippen MR) is 104 cm³/mol. The molecule has 0 amide bonds. The molecule has 5 rings (SSSR count). The Kier molecular flexibility index (Phi) is 3.84. The number of aromatic nitrogens is 1. The highest BCUT2D eigenvalue weighted by Gasteiger charge is 2.49. The quantitative estimate of drug-likeness (QED) is 0.773. The molecule has 1 aromatic carbocycles. The second kappa shape index (κ2) is 5.96. The first-order chi connectivity index (χ1) is 12.2. The molecule has 0 unspecified atom stereocenters. The number of hydrogen-bond donors (Lipinski definition) is 1. The van der Waals surface area contributed by atoms with E-state index in [4.69, 9.17) is 4.74 Å². The first kappa shape index (κ1) is 16.1. The van der Waals surface area contributed by atoms with E-state index in [1.807, 2.05) is 0 Å². The highest BCUT2D eigenvalue weighted by Crippen LogP contribution is 2.56. The molecule has 1 spiro atoms. The number of aromatic amines is 1. The molecule has 4 heterocycles. The number of carbonyl (C=O) groups is 1. The summed E-state index contributed by atoms with van der Waals surface area (Å²) in [5, 5.41) is 1.26. The molecule has 4 nitrogen and oxygen atoms in total. The molecule has 2 aromatic rings. The first-order valence-electron chi connectivity index (χ1n) is 8.92. The first-order valence-corrected chi connectivity index (χ1v) is 10.9. The fourth-order valence-electron chi connectivity index (χ4n) is 4.76. The van der Waals surface area contributed by atoms with Crippen molar-refractivity contribution in [1.82, 2.24) is 9.88 Å². The summed E-state index contributed by atoms with van der Waals surface area (Å²) in [4.78, 5) is 18.6. The number of benzene rings is 1. The van der Waals surface area contributed by atoms with Gasteiger partial charge in [-0.05, 0) is 24.5 Å². The lowest BCUT2D eigenvalue weighted by Crippen LogP contribution is -2.53. The zero-order valence-electron chi connectivity index (χ0n) is 14.3. The third kappa shape index (κ3) is 2.45. The molecule has 2 atom stereocenters. The number of methoxy groups -OCH3 is 1. The van der Waals surface area contributed by atoms with Gasteiger partial charge in [0.15, 0.2) is 0 Å². The van der Waals surface area contributed by atoms with Crippen LogP contribution in [0.5, 0.6) is 0 Å². The molecule has 132 valence electrons. The van der Waals surface area contributed by atoms with Crippen molar-refractivity contribution in [3.05, 3.63) is 35.5 Å². The Morgan fingerprint density at radius 1 is 1.32 bits per heavy atom. The zero-order chi connectivity index (χ0) is 17.0. The number of carbonyl (C=O) groups excluding carboxylic acids is 1. The topological polar surface area (TPSA) is 45.3 Å². The molecule has 1 N–H and O–H groups in total. The highest BCUT2D eigenvalue weighted by molar-refractivity contribution is 8.21. The van der Waals surface area contributed by atoms with Crippen LogP contribution in [0.4, 0.5) is 0 Å². The SMILES string of the molecule is COC(=O)[C@@H]1Cc2c([nH]c3ccccc23)[C@H]2CC3(CCN21)SCCS3. The molecule has 3 aliphatic heterocycles. The maximum atomic E-state index is 12.5. The molecule has 0 radical (unpaired) electrons. The summed E-state index contributed by atoms with van der Waals surface area (Å²) in [7, 11) is 1.51. The lowest BCUT2D eigenvalue weighted by atomic mass is 9.86. The number of thioether (sulfide) groups is 2. The van der Waals surface area contributed by atoms with E-state index >= 15 is 0 Å². The van der Waals surface area contributed by atoms with Gasteiger partial charge in [-0.1, -0.05) is 18.2 Å². The molecular weight excluding hydrogens is 352 g/mol. The molecule has 2 fully saturated rings. The molecule has 0 aliphatic carbocycles. The molecule has 3 aliphatic rings. The van der Waals surface area contributed by atoms with Crippen LogP contribution in [-0.4, -0.2) is 51.1 Å². The summed E-state index contributed by atoms with van der Waals surface area (Å²) >= 11 is 4.25. The summed E-state index contributed by atoms with van der Waals surface area (Å²) in [6.45, 7) is 0.971. The Labute approximate surface area is 156 Å². The monoisotopic (exact) mass is 374 g/mol. The summed E-state index contributed by atoms with van der Waals surface area (Å²) in [6.07, 6.45) is 3.01. The average Bonchev–Trinajstić information content (AvgIpc) is 3.25. The number of ether oxygens (including phenoxy) is 1. The van der Waals surface area contributed by atoms with Gasteiger partial charge < -0.3 is 9.72 Å². The van der Waals surface area contributed by atoms with Crippen LogP contribution in [0.15, 0.2) is 24.3 Å². The summed E-state index contributed by atoms with van der Waals surface area (Å²) in [5.41, 5.74) is 3.83. The number of fused-ring (bicyclic) bond motifs is 5. The number of nitrogens with zero attached hydrogens (tertiary/aromatic N) is 1. The number of para-hydroxylation sites is 1. The normalized spacial score (nSPS) is 28.0. The molecule has 0 saturated carbocycles. The Balaban J connectivity index is 1.62. The van der Waals surface area contributed by atoms with Gasteiger partial charge in [-0.15, -0.1) is 23.5 Å². The van der Waals surface area contributed by atoms with Gasteiger partial charge in [0.05, 0.1) is 17.2 Å². The van der Waals surface area contributed by atoms with Crippen LogP contribution in [0.3, 0.4) is 0 Å². The number of rotatable bonds is 1. The van der Waals surface area contributed by atoms with E-state index in [1.165, 1.54) is 40.8 Å². The second-order valence-corrected chi connectivity index (χ2v) is 10.3. The predicted octanol–water partition coefficient (Wildman–Crippen LogP) is 3.58. The smallest absolute Gasteiger partial charge is 0.323 e. The summed E-state index contributed by atoms with van der Waals surface area (Å²) in [6, 6.07) is 8.60. The van der Waals surface area contributed by atoms with E-state index in [2.05, 4.69) is 57.7 Å². The van der Waals surface area contributed by atoms with Crippen molar-refractivity contribution in [2.24, 2.45) is 0 Å². The molecule has 6 heteroatoms. The van der Waals surface area contributed by atoms with Gasteiger partial charge in [0.2, 0.25) is 0 Å². The molecule has 0 bridgehead atoms. The minimum absolute atomic E-state index is 0.0939. The summed E-state index contributed by atoms with van der Waals surface area (Å²) < 4.78 is 5.49. The van der Waals surface area contributed by atoms with Crippen LogP contribution >= 0.6 is 23.5 Å². The van der Waals surface area contributed by atoms with Gasteiger partial charge in [-0.3, -0.25) is 9.69 Å². The number of piperidine rings is 1. The van der Waals surface area contributed by atoms with Gasteiger partial charge in [-0.2, -0.15) is 0 Å². The third-order valence-corrected chi connectivity index (χ3v) is 9.50. The van der Waals surface area contributed by atoms with Gasteiger partial charge in [0.1, 0.15) is 6.04 Å². The van der Waals surface area contributed by atoms with Gasteiger partial charge >= 0.3 is 5.97 Å². The van der Waals surface area contributed by atoms with Crippen molar-refractivity contribution >= 4 is 40.4 Å². The molecule has 2 saturated heterocycles. The Morgan fingerprint density at radius 3 is 2.92 bits per heavy atom. The molecule has 1 aromatic heterocycles. The minimum Gasteiger partial charge on any atom is -0.468 e. The minimum atomic E-state index is -0.157. The maximum absolute atomic E-state index is 12.5. The molecular formula is C19H22N2O2S2. The molecule has 25 heavy (non-hydrogen) atoms. The van der Waals surface area contributed by atoms with Crippen molar-refractivity contribution in [3.8, 4) is 0 Å². The van der Waals surface area contributed by atoms with E-state index in [0.29, 0.717) is 4.08 Å². The van der Waals surface area contributed by atoms with E-state index in [9.17, 15) is 4.79 Å². The van der Waals surface area contributed by atoms with E-state index in [0.717, 1.165) is 25.8 Å². The third-order valence-electron chi connectivity index (χ3n) is 5.92. The summed E-state index contributed by atoms with van der Waals surface area (Å²) in [5.74, 6) is 2.40. The van der Waals surface area contributed by atoms with Crippen LogP contribution in [0.1, 0.15) is 30.1 Å². The Hall–Kier alpha value is -1.11. The van der Waals surface area contributed by atoms with Gasteiger partial charge in [0.25, 0.3) is 0 Å². The average molecular weight is 375 g/mol. The lowest BCUT2D eigenvalue weighted by Gasteiger charge is -2.48. The second-order valence-electron chi connectivity index (χ2n) is 7.12.